The van der Waals surface area contributed by atoms with E-state index in [-0.39, 0.29) is 11.9 Å². The van der Waals surface area contributed by atoms with Crippen molar-refractivity contribution < 1.29 is 9.21 Å². The summed E-state index contributed by atoms with van der Waals surface area (Å²) in [5, 5.41) is 5.96. The standard InChI is InChI=1S/C12H20N2O2/c1-4-7-13-12(15)10(3)14-8-11-6-5-9(2)16-11/h5-6,10,14H,4,7-8H2,1-3H3,(H,13,15). The van der Waals surface area contributed by atoms with E-state index in [2.05, 4.69) is 10.6 Å². The molecule has 0 aliphatic heterocycles. The molecule has 1 amide bonds. The van der Waals surface area contributed by atoms with Crippen LogP contribution in [-0.2, 0) is 11.3 Å². The number of rotatable bonds is 6. The zero-order chi connectivity index (χ0) is 12.0. The molecule has 16 heavy (non-hydrogen) atoms. The van der Waals surface area contributed by atoms with Crippen LogP contribution in [0.15, 0.2) is 16.5 Å². The fourth-order valence-electron chi connectivity index (χ4n) is 1.33. The van der Waals surface area contributed by atoms with Gasteiger partial charge in [-0.2, -0.15) is 0 Å². The molecule has 0 saturated carbocycles. The lowest BCUT2D eigenvalue weighted by atomic mass is 10.3. The number of nitrogens with one attached hydrogen (secondary N) is 2. The van der Waals surface area contributed by atoms with Crippen molar-refractivity contribution in [2.24, 2.45) is 0 Å². The molecule has 2 N–H and O–H groups in total. The van der Waals surface area contributed by atoms with Crippen LogP contribution in [0.3, 0.4) is 0 Å². The van der Waals surface area contributed by atoms with Crippen LogP contribution in [0.1, 0.15) is 31.8 Å². The molecule has 0 aliphatic carbocycles. The number of furan rings is 1. The molecule has 4 heteroatoms. The summed E-state index contributed by atoms with van der Waals surface area (Å²) in [5.74, 6) is 1.78. The van der Waals surface area contributed by atoms with Gasteiger partial charge in [0.15, 0.2) is 0 Å². The SMILES string of the molecule is CCCNC(=O)C(C)NCc1ccc(C)o1. The van der Waals surface area contributed by atoms with Gasteiger partial charge < -0.3 is 9.73 Å². The van der Waals surface area contributed by atoms with E-state index in [1.54, 1.807) is 0 Å². The van der Waals surface area contributed by atoms with Crippen LogP contribution >= 0.6 is 0 Å². The smallest absolute Gasteiger partial charge is 0.236 e. The predicted molar refractivity (Wildman–Crippen MR) is 63.0 cm³/mol. The Labute approximate surface area is 96.4 Å². The van der Waals surface area contributed by atoms with Crippen LogP contribution in [0.25, 0.3) is 0 Å². The van der Waals surface area contributed by atoms with Gasteiger partial charge in [-0.25, -0.2) is 0 Å². The first-order valence-electron chi connectivity index (χ1n) is 5.70. The molecule has 1 unspecified atom stereocenters. The van der Waals surface area contributed by atoms with Gasteiger partial charge in [0.2, 0.25) is 5.91 Å². The second kappa shape index (κ2) is 6.33. The Morgan fingerprint density at radius 1 is 1.50 bits per heavy atom. The van der Waals surface area contributed by atoms with Gasteiger partial charge in [-0.05, 0) is 32.4 Å². The molecule has 0 aliphatic rings. The summed E-state index contributed by atoms with van der Waals surface area (Å²) >= 11 is 0. The third-order valence-electron chi connectivity index (χ3n) is 2.32. The number of hydrogen-bond donors (Lipinski definition) is 2. The maximum absolute atomic E-state index is 11.5. The van der Waals surface area contributed by atoms with Gasteiger partial charge >= 0.3 is 0 Å². The quantitative estimate of drug-likeness (QED) is 0.771. The summed E-state index contributed by atoms with van der Waals surface area (Å²) in [6.07, 6.45) is 0.954. The van der Waals surface area contributed by atoms with Crippen LogP contribution in [0.5, 0.6) is 0 Å². The highest BCUT2D eigenvalue weighted by atomic mass is 16.3. The molecule has 4 nitrogen and oxygen atoms in total. The Kier molecular flexibility index (Phi) is 5.05. The summed E-state index contributed by atoms with van der Waals surface area (Å²) in [5.41, 5.74) is 0. The topological polar surface area (TPSA) is 54.3 Å². The van der Waals surface area contributed by atoms with Crippen LogP contribution in [0.4, 0.5) is 0 Å². The Bertz CT molecular complexity index is 334. The Hall–Kier alpha value is -1.29. The van der Waals surface area contributed by atoms with E-state index in [0.717, 1.165) is 24.5 Å². The maximum Gasteiger partial charge on any atom is 0.236 e. The molecule has 1 rings (SSSR count). The third-order valence-corrected chi connectivity index (χ3v) is 2.32. The molecule has 0 bridgehead atoms. The third kappa shape index (κ3) is 4.06. The van der Waals surface area contributed by atoms with Crippen molar-refractivity contribution in [1.82, 2.24) is 10.6 Å². The summed E-state index contributed by atoms with van der Waals surface area (Å²) in [6.45, 7) is 7.09. The fraction of sp³-hybridized carbons (Fsp3) is 0.583. The van der Waals surface area contributed by atoms with Crippen LogP contribution in [0.2, 0.25) is 0 Å². The number of carbonyl (C=O) groups is 1. The minimum Gasteiger partial charge on any atom is -0.465 e. The summed E-state index contributed by atoms with van der Waals surface area (Å²) in [6, 6.07) is 3.63. The molecule has 0 saturated heterocycles. The van der Waals surface area contributed by atoms with Gasteiger partial charge in [-0.1, -0.05) is 6.92 Å². The highest BCUT2D eigenvalue weighted by Gasteiger charge is 2.11. The second-order valence-corrected chi connectivity index (χ2v) is 3.91. The molecule has 0 radical (unpaired) electrons. The van der Waals surface area contributed by atoms with Gasteiger partial charge in [-0.3, -0.25) is 10.1 Å². The first-order valence-corrected chi connectivity index (χ1v) is 5.70. The average Bonchev–Trinajstić information content (AvgIpc) is 2.68. The lowest BCUT2D eigenvalue weighted by Crippen LogP contribution is -2.41. The van der Waals surface area contributed by atoms with Crippen molar-refractivity contribution in [3.8, 4) is 0 Å². The van der Waals surface area contributed by atoms with Crippen molar-refractivity contribution in [1.29, 1.82) is 0 Å². The monoisotopic (exact) mass is 224 g/mol. The predicted octanol–water partition coefficient (Wildman–Crippen LogP) is 1.59. The molecule has 0 fully saturated rings. The summed E-state index contributed by atoms with van der Waals surface area (Å²) in [4.78, 5) is 11.5. The highest BCUT2D eigenvalue weighted by Crippen LogP contribution is 2.05. The van der Waals surface area contributed by atoms with Gasteiger partial charge in [0.05, 0.1) is 12.6 Å². The molecule has 1 aromatic heterocycles. The number of amides is 1. The molecule has 1 heterocycles. The Morgan fingerprint density at radius 2 is 2.25 bits per heavy atom. The van der Waals surface area contributed by atoms with E-state index >= 15 is 0 Å². The number of hydrogen-bond acceptors (Lipinski definition) is 3. The highest BCUT2D eigenvalue weighted by molar-refractivity contribution is 5.81. The van der Waals surface area contributed by atoms with E-state index < -0.39 is 0 Å². The molecule has 0 spiro atoms. The van der Waals surface area contributed by atoms with Gasteiger partial charge in [0.25, 0.3) is 0 Å². The lowest BCUT2D eigenvalue weighted by Gasteiger charge is -2.12. The normalized spacial score (nSPS) is 12.4. The molecular weight excluding hydrogens is 204 g/mol. The van der Waals surface area contributed by atoms with Crippen molar-refractivity contribution in [2.75, 3.05) is 6.54 Å². The van der Waals surface area contributed by atoms with Gasteiger partial charge in [-0.15, -0.1) is 0 Å². The number of carbonyl (C=O) groups excluding carboxylic acids is 1. The zero-order valence-corrected chi connectivity index (χ0v) is 10.2. The van der Waals surface area contributed by atoms with E-state index in [1.165, 1.54) is 0 Å². The minimum absolute atomic E-state index is 0.0325. The summed E-state index contributed by atoms with van der Waals surface area (Å²) in [7, 11) is 0. The van der Waals surface area contributed by atoms with Gasteiger partial charge in [0.1, 0.15) is 11.5 Å². The Balaban J connectivity index is 2.29. The van der Waals surface area contributed by atoms with Crippen LogP contribution < -0.4 is 10.6 Å². The Morgan fingerprint density at radius 3 is 2.81 bits per heavy atom. The molecular formula is C12H20N2O2. The van der Waals surface area contributed by atoms with E-state index in [4.69, 9.17) is 4.42 Å². The zero-order valence-electron chi connectivity index (χ0n) is 10.2. The van der Waals surface area contributed by atoms with Crippen LogP contribution in [-0.4, -0.2) is 18.5 Å². The lowest BCUT2D eigenvalue weighted by molar-refractivity contribution is -0.122. The van der Waals surface area contributed by atoms with E-state index in [9.17, 15) is 4.79 Å². The molecule has 90 valence electrons. The van der Waals surface area contributed by atoms with Crippen LogP contribution in [0, 0.1) is 6.92 Å². The van der Waals surface area contributed by atoms with E-state index in [0.29, 0.717) is 6.54 Å². The van der Waals surface area contributed by atoms with Crippen molar-refractivity contribution >= 4 is 5.91 Å². The average molecular weight is 224 g/mol. The minimum atomic E-state index is -0.197. The molecule has 1 atom stereocenters. The van der Waals surface area contributed by atoms with Gasteiger partial charge in [0, 0.05) is 6.54 Å². The first-order chi connectivity index (χ1) is 7.63. The number of aryl methyl sites for hydroxylation is 1. The maximum atomic E-state index is 11.5. The van der Waals surface area contributed by atoms with E-state index in [1.807, 2.05) is 32.9 Å². The fourth-order valence-corrected chi connectivity index (χ4v) is 1.33. The second-order valence-electron chi connectivity index (χ2n) is 3.91. The first kappa shape index (κ1) is 12.8. The molecule has 1 aromatic rings. The van der Waals surface area contributed by atoms with Crippen molar-refractivity contribution in [3.63, 3.8) is 0 Å². The summed E-state index contributed by atoms with van der Waals surface area (Å²) < 4.78 is 5.40. The van der Waals surface area contributed by atoms with Crippen molar-refractivity contribution in [3.05, 3.63) is 23.7 Å². The molecule has 0 aromatic carbocycles. The van der Waals surface area contributed by atoms with Crippen molar-refractivity contribution in [2.45, 2.75) is 39.8 Å². The largest absolute Gasteiger partial charge is 0.465 e.